The Morgan fingerprint density at radius 2 is 1.93 bits per heavy atom. The van der Waals surface area contributed by atoms with Gasteiger partial charge >= 0.3 is 0 Å². The first-order valence-corrected chi connectivity index (χ1v) is 9.01. The lowest BCUT2D eigenvalue weighted by atomic mass is 10.0. The summed E-state index contributed by atoms with van der Waals surface area (Å²) >= 11 is 5.84. The number of carbonyl (C=O) groups excluding carboxylic acids is 1. The molecule has 0 aliphatic rings. The molecular formula is C20H19ClN3O4+. The van der Waals surface area contributed by atoms with Gasteiger partial charge in [0.25, 0.3) is 11.6 Å². The van der Waals surface area contributed by atoms with Gasteiger partial charge in [-0.15, -0.1) is 0 Å². The van der Waals surface area contributed by atoms with E-state index < -0.39 is 11.0 Å². The van der Waals surface area contributed by atoms with Crippen molar-refractivity contribution in [3.8, 4) is 0 Å². The fraction of sp³-hybridized carbons (Fsp3) is 0.150. The molecule has 0 saturated carbocycles. The third kappa shape index (κ3) is 4.57. The van der Waals surface area contributed by atoms with E-state index in [1.165, 1.54) is 18.2 Å². The number of quaternary nitrogens is 1. The molecule has 0 fully saturated rings. The van der Waals surface area contributed by atoms with Crippen molar-refractivity contribution in [1.82, 2.24) is 0 Å². The van der Waals surface area contributed by atoms with Crippen molar-refractivity contribution in [2.24, 2.45) is 0 Å². The lowest BCUT2D eigenvalue weighted by Crippen LogP contribution is -2.87. The van der Waals surface area contributed by atoms with Gasteiger partial charge in [-0.25, -0.2) is 0 Å². The summed E-state index contributed by atoms with van der Waals surface area (Å²) in [4.78, 5) is 23.5. The number of rotatable bonds is 7. The third-order valence-corrected chi connectivity index (χ3v) is 4.64. The summed E-state index contributed by atoms with van der Waals surface area (Å²) in [5.74, 6) is 0.442. The second kappa shape index (κ2) is 8.69. The van der Waals surface area contributed by atoms with Gasteiger partial charge in [-0.1, -0.05) is 41.9 Å². The van der Waals surface area contributed by atoms with Crippen molar-refractivity contribution in [1.29, 1.82) is 0 Å². The number of hydrogen-bond donors (Lipinski definition) is 2. The molecule has 3 aromatic rings. The number of nitrogens with zero attached hydrogens (tertiary/aromatic N) is 1. The summed E-state index contributed by atoms with van der Waals surface area (Å²) in [6.07, 6.45) is 1.59. The number of benzene rings is 2. The lowest BCUT2D eigenvalue weighted by Gasteiger charge is -2.19. The first-order valence-electron chi connectivity index (χ1n) is 8.64. The van der Waals surface area contributed by atoms with E-state index in [1.807, 2.05) is 48.6 Å². The number of halogens is 1. The van der Waals surface area contributed by atoms with Crippen LogP contribution in [0.5, 0.6) is 0 Å². The van der Waals surface area contributed by atoms with E-state index in [0.29, 0.717) is 5.69 Å². The van der Waals surface area contributed by atoms with Crippen LogP contribution in [0.4, 0.5) is 11.4 Å². The molecule has 0 unspecified atom stereocenters. The van der Waals surface area contributed by atoms with E-state index >= 15 is 0 Å². The number of nitro benzene ring substituents is 1. The molecule has 1 aromatic heterocycles. The summed E-state index contributed by atoms with van der Waals surface area (Å²) in [6, 6.07) is 16.4. The molecule has 0 aliphatic carbocycles. The van der Waals surface area contributed by atoms with E-state index in [2.05, 4.69) is 5.32 Å². The third-order valence-electron chi connectivity index (χ3n) is 4.32. The molecule has 8 heteroatoms. The maximum absolute atomic E-state index is 13.0. The smallest absolute Gasteiger partial charge is 0.289 e. The Kier molecular flexibility index (Phi) is 6.08. The van der Waals surface area contributed by atoms with Crippen molar-refractivity contribution in [2.45, 2.75) is 19.0 Å². The Bertz CT molecular complexity index is 961. The number of nitrogens with two attached hydrogens (primary N) is 1. The summed E-state index contributed by atoms with van der Waals surface area (Å²) in [7, 11) is 0. The molecule has 3 rings (SSSR count). The average molecular weight is 401 g/mol. The van der Waals surface area contributed by atoms with Crippen LogP contribution in [0.1, 0.15) is 30.3 Å². The minimum Gasteiger partial charge on any atom is -0.463 e. The average Bonchev–Trinajstić information content (AvgIpc) is 3.22. The fourth-order valence-corrected chi connectivity index (χ4v) is 3.08. The van der Waals surface area contributed by atoms with E-state index in [4.69, 9.17) is 16.0 Å². The maximum Gasteiger partial charge on any atom is 0.289 e. The number of furan rings is 1. The first kappa shape index (κ1) is 19.6. The highest BCUT2D eigenvalue weighted by molar-refractivity contribution is 6.32. The van der Waals surface area contributed by atoms with Gasteiger partial charge in [-0.2, -0.15) is 0 Å². The normalized spacial score (nSPS) is 12.9. The van der Waals surface area contributed by atoms with E-state index in [9.17, 15) is 14.9 Å². The Hall–Kier alpha value is -3.16. The molecule has 144 valence electrons. The quantitative estimate of drug-likeness (QED) is 0.464. The summed E-state index contributed by atoms with van der Waals surface area (Å²) in [6.45, 7) is 1.94. The van der Waals surface area contributed by atoms with Crippen molar-refractivity contribution < 1.29 is 19.5 Å². The zero-order valence-corrected chi connectivity index (χ0v) is 15.8. The van der Waals surface area contributed by atoms with Crippen LogP contribution in [-0.2, 0) is 4.79 Å². The standard InChI is InChI=1S/C20H18ClN3O4/c1-13(18-8-5-11-28-18)22-19(14-6-3-2-4-7-14)20(25)23-15-9-10-16(21)17(12-15)24(26)27/h2-13,19,22H,1H3,(H,23,25)/p+1/t13-,19-/m0/s1. The molecule has 0 aliphatic heterocycles. The van der Waals surface area contributed by atoms with Gasteiger partial charge < -0.3 is 15.1 Å². The highest BCUT2D eigenvalue weighted by Gasteiger charge is 2.28. The number of nitrogens with one attached hydrogen (secondary N) is 1. The van der Waals surface area contributed by atoms with Gasteiger partial charge in [-0.05, 0) is 31.2 Å². The zero-order chi connectivity index (χ0) is 20.1. The second-order valence-electron chi connectivity index (χ2n) is 6.30. The van der Waals surface area contributed by atoms with Crippen LogP contribution in [0.25, 0.3) is 0 Å². The van der Waals surface area contributed by atoms with Gasteiger partial charge in [0.2, 0.25) is 0 Å². The molecule has 2 atom stereocenters. The number of amides is 1. The fourth-order valence-electron chi connectivity index (χ4n) is 2.89. The highest BCUT2D eigenvalue weighted by atomic mass is 35.5. The molecule has 0 saturated heterocycles. The molecule has 1 heterocycles. The summed E-state index contributed by atoms with van der Waals surface area (Å²) in [5, 5.41) is 15.7. The summed E-state index contributed by atoms with van der Waals surface area (Å²) in [5.41, 5.74) is 0.853. The van der Waals surface area contributed by atoms with Crippen molar-refractivity contribution in [2.75, 3.05) is 5.32 Å². The monoisotopic (exact) mass is 400 g/mol. The van der Waals surface area contributed by atoms with Crippen molar-refractivity contribution in [3.63, 3.8) is 0 Å². The van der Waals surface area contributed by atoms with Crippen LogP contribution >= 0.6 is 11.6 Å². The first-order chi connectivity index (χ1) is 13.5. The van der Waals surface area contributed by atoms with Crippen LogP contribution in [0.3, 0.4) is 0 Å². The topological polar surface area (TPSA) is 102 Å². The second-order valence-corrected chi connectivity index (χ2v) is 6.70. The zero-order valence-electron chi connectivity index (χ0n) is 15.0. The molecule has 0 spiro atoms. The van der Waals surface area contributed by atoms with Crippen LogP contribution in [0.2, 0.25) is 5.02 Å². The number of nitro groups is 1. The van der Waals surface area contributed by atoms with Gasteiger partial charge in [0.05, 0.1) is 11.2 Å². The maximum atomic E-state index is 13.0. The number of carbonyl (C=O) groups is 1. The molecule has 28 heavy (non-hydrogen) atoms. The molecule has 7 nitrogen and oxygen atoms in total. The van der Waals surface area contributed by atoms with Crippen LogP contribution < -0.4 is 10.6 Å². The molecule has 0 radical (unpaired) electrons. The number of hydrogen-bond acceptors (Lipinski definition) is 4. The molecule has 1 amide bonds. The van der Waals surface area contributed by atoms with Gasteiger partial charge in [-0.3, -0.25) is 14.9 Å². The molecule has 2 aromatic carbocycles. The Balaban J connectivity index is 1.84. The van der Waals surface area contributed by atoms with Gasteiger partial charge in [0, 0.05) is 17.3 Å². The van der Waals surface area contributed by atoms with Crippen molar-refractivity contribution >= 4 is 28.9 Å². The van der Waals surface area contributed by atoms with Crippen molar-refractivity contribution in [3.05, 3.63) is 93.4 Å². The molecule has 0 bridgehead atoms. The Labute approximate surface area is 166 Å². The van der Waals surface area contributed by atoms with Gasteiger partial charge in [0.1, 0.15) is 11.1 Å². The largest absolute Gasteiger partial charge is 0.463 e. The molecular weight excluding hydrogens is 382 g/mol. The lowest BCUT2D eigenvalue weighted by molar-refractivity contribution is -0.720. The van der Waals surface area contributed by atoms with Crippen LogP contribution in [0, 0.1) is 10.1 Å². The molecule has 3 N–H and O–H groups in total. The predicted molar refractivity (Wildman–Crippen MR) is 105 cm³/mol. The van der Waals surface area contributed by atoms with Gasteiger partial charge in [0.15, 0.2) is 11.8 Å². The van der Waals surface area contributed by atoms with Crippen LogP contribution in [-0.4, -0.2) is 10.8 Å². The minimum atomic E-state index is -0.586. The van der Waals surface area contributed by atoms with E-state index in [1.54, 1.807) is 12.3 Å². The minimum absolute atomic E-state index is 0.0145. The van der Waals surface area contributed by atoms with E-state index in [-0.39, 0.29) is 22.7 Å². The van der Waals surface area contributed by atoms with E-state index in [0.717, 1.165) is 11.3 Å². The SMILES string of the molecule is C[C@H]([NH2+][C@H](C(=O)Nc1ccc(Cl)c([N+](=O)[O-])c1)c1ccccc1)c1ccco1. The summed E-state index contributed by atoms with van der Waals surface area (Å²) < 4.78 is 5.43. The Morgan fingerprint density at radius 3 is 2.57 bits per heavy atom. The number of anilines is 1. The predicted octanol–water partition coefficient (Wildman–Crippen LogP) is 3.85. The highest BCUT2D eigenvalue weighted by Crippen LogP contribution is 2.27. The Morgan fingerprint density at radius 1 is 1.18 bits per heavy atom. The van der Waals surface area contributed by atoms with Crippen LogP contribution in [0.15, 0.2) is 71.3 Å².